The Labute approximate surface area is 123 Å². The minimum atomic E-state index is -0.487. The number of carbonyl (C=O) groups is 1. The summed E-state index contributed by atoms with van der Waals surface area (Å²) in [5.41, 5.74) is 0.407. The summed E-state index contributed by atoms with van der Waals surface area (Å²) in [6.45, 7) is 2.68. The maximum Gasteiger partial charge on any atom is 0.269 e. The van der Waals surface area contributed by atoms with Crippen LogP contribution in [0, 0.1) is 16.0 Å². The summed E-state index contributed by atoms with van der Waals surface area (Å²) in [5, 5.41) is 13.4. The average molecular weight is 299 g/mol. The Kier molecular flexibility index (Phi) is 7.01. The second-order valence-electron chi connectivity index (χ2n) is 4.65. The van der Waals surface area contributed by atoms with Crippen molar-refractivity contribution in [2.75, 3.05) is 12.4 Å². The molecule has 0 aliphatic rings. The van der Waals surface area contributed by atoms with Crippen LogP contribution in [0.25, 0.3) is 0 Å². The Balaban J connectivity index is 2.55. The molecule has 1 unspecified atom stereocenters. The highest BCUT2D eigenvalue weighted by Crippen LogP contribution is 2.13. The Bertz CT molecular complexity index is 442. The van der Waals surface area contributed by atoms with E-state index in [2.05, 4.69) is 12.2 Å². The van der Waals surface area contributed by atoms with Gasteiger partial charge in [0.1, 0.15) is 0 Å². The van der Waals surface area contributed by atoms with Crippen LogP contribution in [0.15, 0.2) is 24.3 Å². The van der Waals surface area contributed by atoms with Gasteiger partial charge in [-0.05, 0) is 30.9 Å². The molecule has 0 heterocycles. The van der Waals surface area contributed by atoms with Crippen molar-refractivity contribution in [1.29, 1.82) is 0 Å². The molecule has 0 saturated carbocycles. The molecule has 5 nitrogen and oxygen atoms in total. The summed E-state index contributed by atoms with van der Waals surface area (Å²) in [6, 6.07) is 5.59. The molecule has 6 heteroatoms. The van der Waals surface area contributed by atoms with Gasteiger partial charge in [-0.3, -0.25) is 14.9 Å². The van der Waals surface area contributed by atoms with Gasteiger partial charge in [0.2, 0.25) is 0 Å². The van der Waals surface area contributed by atoms with Crippen LogP contribution < -0.4 is 5.32 Å². The van der Waals surface area contributed by atoms with Gasteiger partial charge in [-0.1, -0.05) is 13.3 Å². The molecule has 0 spiro atoms. The number of nitro groups is 1. The molecule has 0 aromatic heterocycles. The zero-order valence-electron chi connectivity index (χ0n) is 11.5. The molecule has 0 radical (unpaired) electrons. The number of nitro benzene ring substituents is 1. The van der Waals surface area contributed by atoms with Crippen LogP contribution in [0.2, 0.25) is 0 Å². The summed E-state index contributed by atoms with van der Waals surface area (Å²) in [7, 11) is 0. The van der Waals surface area contributed by atoms with E-state index in [-0.39, 0.29) is 11.6 Å². The van der Waals surface area contributed by atoms with Crippen molar-refractivity contribution in [1.82, 2.24) is 5.32 Å². The fraction of sp³-hybridized carbons (Fsp3) is 0.500. The number of amides is 1. The summed E-state index contributed by atoms with van der Waals surface area (Å²) in [4.78, 5) is 22.0. The molecule has 1 rings (SSSR count). The van der Waals surface area contributed by atoms with Gasteiger partial charge in [0.25, 0.3) is 11.6 Å². The number of nitrogens with one attached hydrogen (secondary N) is 1. The van der Waals surface area contributed by atoms with Gasteiger partial charge in [-0.2, -0.15) is 0 Å². The molecule has 20 heavy (non-hydrogen) atoms. The van der Waals surface area contributed by atoms with Crippen molar-refractivity contribution in [2.24, 2.45) is 5.92 Å². The molecule has 1 aromatic carbocycles. The summed E-state index contributed by atoms with van der Waals surface area (Å²) in [5.74, 6) is 0.744. The van der Waals surface area contributed by atoms with E-state index < -0.39 is 4.92 Å². The van der Waals surface area contributed by atoms with E-state index in [1.807, 2.05) is 0 Å². The Morgan fingerprint density at radius 2 is 2.00 bits per heavy atom. The maximum absolute atomic E-state index is 11.9. The van der Waals surface area contributed by atoms with Crippen molar-refractivity contribution in [3.05, 3.63) is 39.9 Å². The number of non-ortho nitro benzene ring substituents is 1. The normalized spacial score (nSPS) is 11.9. The predicted molar refractivity (Wildman–Crippen MR) is 79.2 cm³/mol. The number of nitrogens with zero attached hydrogens (tertiary/aromatic N) is 1. The second-order valence-corrected chi connectivity index (χ2v) is 5.02. The zero-order chi connectivity index (χ0) is 15.0. The van der Waals surface area contributed by atoms with Crippen LogP contribution in [0.4, 0.5) is 5.69 Å². The van der Waals surface area contributed by atoms with Gasteiger partial charge >= 0.3 is 0 Å². The van der Waals surface area contributed by atoms with E-state index in [4.69, 9.17) is 11.6 Å². The quantitative estimate of drug-likeness (QED) is 0.454. The molecule has 1 N–H and O–H groups in total. The van der Waals surface area contributed by atoms with Crippen molar-refractivity contribution >= 4 is 23.2 Å². The average Bonchev–Trinajstić information content (AvgIpc) is 2.45. The number of rotatable bonds is 8. The molecule has 1 aromatic rings. The number of benzene rings is 1. The lowest BCUT2D eigenvalue weighted by Gasteiger charge is -2.15. The Morgan fingerprint density at radius 1 is 1.35 bits per heavy atom. The fourth-order valence-corrected chi connectivity index (χ4v) is 2.29. The van der Waals surface area contributed by atoms with E-state index in [0.29, 0.717) is 23.9 Å². The number of alkyl halides is 1. The predicted octanol–water partition coefficient (Wildman–Crippen LogP) is 3.37. The Morgan fingerprint density at radius 3 is 2.50 bits per heavy atom. The van der Waals surface area contributed by atoms with Crippen molar-refractivity contribution in [3.63, 3.8) is 0 Å². The highest BCUT2D eigenvalue weighted by molar-refractivity contribution is 6.17. The smallest absolute Gasteiger partial charge is 0.269 e. The van der Waals surface area contributed by atoms with Gasteiger partial charge in [0.15, 0.2) is 0 Å². The number of halogens is 1. The molecule has 1 amide bonds. The van der Waals surface area contributed by atoms with E-state index >= 15 is 0 Å². The first-order valence-electron chi connectivity index (χ1n) is 6.67. The third-order valence-electron chi connectivity index (χ3n) is 3.11. The van der Waals surface area contributed by atoms with Crippen LogP contribution in [0.3, 0.4) is 0 Å². The van der Waals surface area contributed by atoms with Crippen molar-refractivity contribution < 1.29 is 9.72 Å². The molecular weight excluding hydrogens is 280 g/mol. The molecule has 1 atom stereocenters. The lowest BCUT2D eigenvalue weighted by molar-refractivity contribution is -0.384. The molecule has 110 valence electrons. The first-order chi connectivity index (χ1) is 9.58. The molecule has 0 saturated heterocycles. The van der Waals surface area contributed by atoms with Crippen LogP contribution in [0.1, 0.15) is 36.5 Å². The third-order valence-corrected chi connectivity index (χ3v) is 3.32. The summed E-state index contributed by atoms with van der Waals surface area (Å²) < 4.78 is 0. The van der Waals surface area contributed by atoms with Crippen molar-refractivity contribution in [2.45, 2.75) is 26.2 Å². The number of hydrogen-bond donors (Lipinski definition) is 1. The second kappa shape index (κ2) is 8.53. The van der Waals surface area contributed by atoms with E-state index in [9.17, 15) is 14.9 Å². The Hall–Kier alpha value is -1.62. The largest absolute Gasteiger partial charge is 0.352 e. The fourth-order valence-electron chi connectivity index (χ4n) is 1.98. The molecule has 0 fully saturated rings. The summed E-state index contributed by atoms with van der Waals surface area (Å²) >= 11 is 5.73. The highest BCUT2D eigenvalue weighted by Gasteiger charge is 2.12. The van der Waals surface area contributed by atoms with Gasteiger partial charge in [-0.15, -0.1) is 11.6 Å². The van der Waals surface area contributed by atoms with Crippen molar-refractivity contribution in [3.8, 4) is 0 Å². The number of carbonyl (C=O) groups excluding carboxylic acids is 1. The third kappa shape index (κ3) is 5.17. The topological polar surface area (TPSA) is 72.2 Å². The molecular formula is C14H19ClN2O3. The first kappa shape index (κ1) is 16.4. The SMILES string of the molecule is CCCC(CCCl)CNC(=O)c1ccc([N+](=O)[O-])cc1. The zero-order valence-corrected chi connectivity index (χ0v) is 12.2. The highest BCUT2D eigenvalue weighted by atomic mass is 35.5. The lowest BCUT2D eigenvalue weighted by atomic mass is 10.0. The monoisotopic (exact) mass is 298 g/mol. The first-order valence-corrected chi connectivity index (χ1v) is 7.20. The molecule has 0 aliphatic carbocycles. The molecule has 0 aliphatic heterocycles. The van der Waals surface area contributed by atoms with Crippen LogP contribution in [-0.2, 0) is 0 Å². The van der Waals surface area contributed by atoms with E-state index in [1.54, 1.807) is 0 Å². The summed E-state index contributed by atoms with van der Waals surface area (Å²) in [6.07, 6.45) is 2.94. The van der Waals surface area contributed by atoms with Crippen LogP contribution in [0.5, 0.6) is 0 Å². The van der Waals surface area contributed by atoms with Gasteiger partial charge in [-0.25, -0.2) is 0 Å². The van der Waals surface area contributed by atoms with Gasteiger partial charge in [0, 0.05) is 30.1 Å². The van der Waals surface area contributed by atoms with E-state index in [0.717, 1.165) is 19.3 Å². The minimum absolute atomic E-state index is 0.0208. The minimum Gasteiger partial charge on any atom is -0.352 e. The lowest BCUT2D eigenvalue weighted by Crippen LogP contribution is -2.29. The maximum atomic E-state index is 11.9. The van der Waals surface area contributed by atoms with E-state index in [1.165, 1.54) is 24.3 Å². The molecule has 0 bridgehead atoms. The van der Waals surface area contributed by atoms with Gasteiger partial charge in [0.05, 0.1) is 4.92 Å². The standard InChI is InChI=1S/C14H19ClN2O3/c1-2-3-11(8-9-15)10-16-14(18)12-4-6-13(7-5-12)17(19)20/h4-7,11H,2-3,8-10H2,1H3,(H,16,18). The van der Waals surface area contributed by atoms with Crippen LogP contribution >= 0.6 is 11.6 Å². The van der Waals surface area contributed by atoms with Crippen LogP contribution in [-0.4, -0.2) is 23.3 Å². The number of hydrogen-bond acceptors (Lipinski definition) is 3. The van der Waals surface area contributed by atoms with Gasteiger partial charge < -0.3 is 5.32 Å².